The molecule has 0 unspecified atom stereocenters. The Kier molecular flexibility index (Phi) is 14.3. The van der Waals surface area contributed by atoms with E-state index >= 15 is 0 Å². The first kappa shape index (κ1) is 41.5. The standard InChI is InChI=1S/C36H32Cl4N6O8/c1-17(47)33(35(49)41-27-15-29(51-3)23(39)13-31(27)53-5)45-43-25-9-7-19(11-21(25)37)20-8-10-26(22(38)12-20)44-46-34(18(2)48)36(50)42-28-16-30(52-4)24(40)14-32(28)54-6/h7-16,33-34H,1-6H3,(H,41,49)(H,42,50)/t33-,34+. The van der Waals surface area contributed by atoms with E-state index in [0.717, 1.165) is 0 Å². The predicted molar refractivity (Wildman–Crippen MR) is 206 cm³/mol. The molecule has 282 valence electrons. The SMILES string of the molecule is COc1cc(NC(=O)[C@H](N=Nc2ccc(-c3ccc(N=N[C@@H](C(C)=O)C(=O)Nc4cc(OC)c(Cl)cc4OC)c(Cl)c3)cc2Cl)C(C)=O)c(OC)cc1Cl. The summed E-state index contributed by atoms with van der Waals surface area (Å²) in [6, 6.07) is 12.4. The second-order valence-corrected chi connectivity index (χ2v) is 12.8. The highest BCUT2D eigenvalue weighted by Gasteiger charge is 2.26. The molecule has 0 aliphatic carbocycles. The summed E-state index contributed by atoms with van der Waals surface area (Å²) in [5.41, 5.74) is 2.04. The van der Waals surface area contributed by atoms with Gasteiger partial charge in [0.2, 0.25) is 12.1 Å². The molecular weight excluding hydrogens is 786 g/mol. The van der Waals surface area contributed by atoms with Crippen LogP contribution in [-0.2, 0) is 19.2 Å². The zero-order valence-electron chi connectivity index (χ0n) is 29.5. The molecule has 4 rings (SSSR count). The third-order valence-corrected chi connectivity index (χ3v) is 8.72. The summed E-state index contributed by atoms with van der Waals surface area (Å²) in [6.07, 6.45) is 0. The topological polar surface area (TPSA) is 179 Å². The van der Waals surface area contributed by atoms with Crippen LogP contribution in [0.1, 0.15) is 13.8 Å². The zero-order valence-corrected chi connectivity index (χ0v) is 32.5. The molecule has 18 heteroatoms. The van der Waals surface area contributed by atoms with Crippen LogP contribution >= 0.6 is 46.4 Å². The van der Waals surface area contributed by atoms with Crippen LogP contribution in [0.15, 0.2) is 81.1 Å². The minimum absolute atomic E-state index is 0.160. The summed E-state index contributed by atoms with van der Waals surface area (Å²) >= 11 is 25.3. The molecule has 54 heavy (non-hydrogen) atoms. The van der Waals surface area contributed by atoms with Crippen LogP contribution in [0.3, 0.4) is 0 Å². The highest BCUT2D eigenvalue weighted by atomic mass is 35.5. The Morgan fingerprint density at radius 3 is 1.17 bits per heavy atom. The van der Waals surface area contributed by atoms with Gasteiger partial charge in [0.15, 0.2) is 11.6 Å². The van der Waals surface area contributed by atoms with Gasteiger partial charge in [-0.2, -0.15) is 20.5 Å². The fourth-order valence-corrected chi connectivity index (χ4v) is 5.63. The fraction of sp³-hybridized carbons (Fsp3) is 0.222. The van der Waals surface area contributed by atoms with E-state index in [1.807, 2.05) is 0 Å². The minimum Gasteiger partial charge on any atom is -0.495 e. The Hall–Kier alpha value is -5.28. The number of anilines is 2. The lowest BCUT2D eigenvalue weighted by Gasteiger charge is -2.15. The van der Waals surface area contributed by atoms with Crippen LogP contribution in [0.4, 0.5) is 22.7 Å². The van der Waals surface area contributed by atoms with Crippen LogP contribution in [0.2, 0.25) is 20.1 Å². The molecule has 0 aliphatic rings. The number of amides is 2. The van der Waals surface area contributed by atoms with E-state index in [-0.39, 0.29) is 65.8 Å². The van der Waals surface area contributed by atoms with E-state index in [4.69, 9.17) is 65.4 Å². The molecule has 0 saturated carbocycles. The first-order chi connectivity index (χ1) is 25.7. The summed E-state index contributed by atoms with van der Waals surface area (Å²) in [6.45, 7) is 2.40. The van der Waals surface area contributed by atoms with Crippen molar-refractivity contribution in [2.45, 2.75) is 25.9 Å². The van der Waals surface area contributed by atoms with Crippen LogP contribution < -0.4 is 29.6 Å². The number of carbonyl (C=O) groups is 4. The Bertz CT molecular complexity index is 2010. The smallest absolute Gasteiger partial charge is 0.258 e. The molecule has 14 nitrogen and oxygen atoms in total. The van der Waals surface area contributed by atoms with E-state index in [1.165, 1.54) is 66.6 Å². The van der Waals surface area contributed by atoms with Crippen molar-refractivity contribution in [3.63, 3.8) is 0 Å². The quantitative estimate of drug-likeness (QED) is 0.0880. The highest BCUT2D eigenvalue weighted by molar-refractivity contribution is 6.34. The number of hydrogen-bond acceptors (Lipinski definition) is 12. The van der Waals surface area contributed by atoms with Crippen molar-refractivity contribution in [3.05, 3.63) is 80.8 Å². The van der Waals surface area contributed by atoms with Crippen LogP contribution in [0, 0.1) is 0 Å². The van der Waals surface area contributed by atoms with Gasteiger partial charge < -0.3 is 29.6 Å². The molecule has 0 bridgehead atoms. The monoisotopic (exact) mass is 816 g/mol. The minimum atomic E-state index is -1.51. The molecule has 2 atom stereocenters. The molecule has 2 amide bonds. The summed E-state index contributed by atoms with van der Waals surface area (Å²) in [7, 11) is 5.61. The van der Waals surface area contributed by atoms with Gasteiger partial charge in [0.25, 0.3) is 11.8 Å². The van der Waals surface area contributed by atoms with Gasteiger partial charge >= 0.3 is 0 Å². The van der Waals surface area contributed by atoms with E-state index < -0.39 is 35.5 Å². The average Bonchev–Trinajstić information content (AvgIpc) is 3.13. The van der Waals surface area contributed by atoms with Crippen molar-refractivity contribution in [2.75, 3.05) is 39.1 Å². The predicted octanol–water partition coefficient (Wildman–Crippen LogP) is 9.36. The molecule has 4 aromatic rings. The van der Waals surface area contributed by atoms with Gasteiger partial charge in [-0.15, -0.1) is 0 Å². The molecule has 0 saturated heterocycles. The fourth-order valence-electron chi connectivity index (χ4n) is 4.73. The van der Waals surface area contributed by atoms with Crippen molar-refractivity contribution < 1.29 is 38.1 Å². The summed E-state index contributed by atoms with van der Waals surface area (Å²) < 4.78 is 21.0. The lowest BCUT2D eigenvalue weighted by molar-refractivity contribution is -0.127. The second kappa shape index (κ2) is 18.7. The van der Waals surface area contributed by atoms with Crippen molar-refractivity contribution >= 4 is 92.5 Å². The van der Waals surface area contributed by atoms with Gasteiger partial charge in [-0.25, -0.2) is 0 Å². The first-order valence-electron chi connectivity index (χ1n) is 15.6. The number of methoxy groups -OCH3 is 4. The van der Waals surface area contributed by atoms with Crippen LogP contribution in [-0.4, -0.2) is 63.9 Å². The maximum Gasteiger partial charge on any atom is 0.258 e. The number of nitrogens with one attached hydrogen (secondary N) is 2. The van der Waals surface area contributed by atoms with Crippen molar-refractivity contribution in [2.24, 2.45) is 20.5 Å². The van der Waals surface area contributed by atoms with Gasteiger partial charge in [0.05, 0.1) is 59.9 Å². The lowest BCUT2D eigenvalue weighted by Crippen LogP contribution is -2.32. The third kappa shape index (κ3) is 10.0. The summed E-state index contributed by atoms with van der Waals surface area (Å²) in [4.78, 5) is 50.9. The highest BCUT2D eigenvalue weighted by Crippen LogP contribution is 2.38. The number of ether oxygens (including phenoxy) is 4. The number of benzene rings is 4. The number of rotatable bonds is 15. The Morgan fingerprint density at radius 1 is 0.519 bits per heavy atom. The van der Waals surface area contributed by atoms with Gasteiger partial charge in [0.1, 0.15) is 34.4 Å². The van der Waals surface area contributed by atoms with Crippen molar-refractivity contribution in [1.29, 1.82) is 0 Å². The number of carbonyl (C=O) groups excluding carboxylic acids is 4. The third-order valence-electron chi connectivity index (χ3n) is 7.52. The van der Waals surface area contributed by atoms with E-state index in [2.05, 4.69) is 31.1 Å². The Morgan fingerprint density at radius 2 is 0.870 bits per heavy atom. The maximum atomic E-state index is 13.1. The van der Waals surface area contributed by atoms with Crippen molar-refractivity contribution in [1.82, 2.24) is 0 Å². The van der Waals surface area contributed by atoms with Gasteiger partial charge in [-0.1, -0.05) is 58.5 Å². The number of Topliss-reactive ketones (excluding diaryl/α,β-unsaturated/α-hetero) is 2. The summed E-state index contributed by atoms with van der Waals surface area (Å²) in [5.74, 6) is -1.66. The largest absolute Gasteiger partial charge is 0.495 e. The second-order valence-electron chi connectivity index (χ2n) is 11.1. The molecule has 0 spiro atoms. The number of hydrogen-bond donors (Lipinski definition) is 2. The molecule has 0 heterocycles. The zero-order chi connectivity index (χ0) is 39.7. The number of azo groups is 2. The molecule has 4 aromatic carbocycles. The molecule has 0 fully saturated rings. The lowest BCUT2D eigenvalue weighted by atomic mass is 10.0. The molecule has 2 N–H and O–H groups in total. The Balaban J connectivity index is 1.50. The first-order valence-corrected chi connectivity index (χ1v) is 17.1. The molecular formula is C36H32Cl4N6O8. The van der Waals surface area contributed by atoms with E-state index in [0.29, 0.717) is 11.1 Å². The van der Waals surface area contributed by atoms with Crippen LogP contribution in [0.25, 0.3) is 11.1 Å². The number of halogens is 4. The molecule has 0 radical (unpaired) electrons. The number of nitrogens with zero attached hydrogens (tertiary/aromatic N) is 4. The maximum absolute atomic E-state index is 13.1. The Labute approximate surface area is 329 Å². The summed E-state index contributed by atoms with van der Waals surface area (Å²) in [5, 5.41) is 22.1. The molecule has 0 aliphatic heterocycles. The van der Waals surface area contributed by atoms with Crippen LogP contribution in [0.5, 0.6) is 23.0 Å². The number of ketones is 2. The van der Waals surface area contributed by atoms with E-state index in [1.54, 1.807) is 36.4 Å². The van der Waals surface area contributed by atoms with Gasteiger partial charge in [0, 0.05) is 24.3 Å². The van der Waals surface area contributed by atoms with E-state index in [9.17, 15) is 19.2 Å². The van der Waals surface area contributed by atoms with Gasteiger partial charge in [-0.3, -0.25) is 19.2 Å². The molecule has 0 aromatic heterocycles. The average molecular weight is 818 g/mol. The van der Waals surface area contributed by atoms with Crippen molar-refractivity contribution in [3.8, 4) is 34.1 Å². The normalized spacial score (nSPS) is 12.3. The van der Waals surface area contributed by atoms with Gasteiger partial charge in [-0.05, 0) is 49.2 Å².